The number of nitrogens with zero attached hydrogens (tertiary/aromatic N) is 1. The van der Waals surface area contributed by atoms with E-state index in [2.05, 4.69) is 18.3 Å². The highest BCUT2D eigenvalue weighted by atomic mass is 32.2. The average Bonchev–Trinajstić information content (AvgIpc) is 1.69. The Hall–Kier alpha value is -0.240. The number of hydrogen-bond acceptors (Lipinski definition) is 2. The van der Waals surface area contributed by atoms with Gasteiger partial charge in [-0.1, -0.05) is 6.08 Å². The van der Waals surface area contributed by atoms with E-state index in [0.717, 1.165) is 11.6 Å². The molecule has 1 nitrogen and oxygen atoms in total. The van der Waals surface area contributed by atoms with Gasteiger partial charge < -0.3 is 0 Å². The molecule has 0 spiro atoms. The topological polar surface area (TPSA) is 12.4 Å². The van der Waals surface area contributed by atoms with Crippen LogP contribution in [0.1, 0.15) is 0 Å². The molecule has 0 aliphatic carbocycles. The predicted molar refractivity (Wildman–Crippen MR) is 37.1 cm³/mol. The first-order valence-corrected chi connectivity index (χ1v) is 3.18. The van der Waals surface area contributed by atoms with Gasteiger partial charge in [-0.25, -0.2) is 0 Å². The Morgan fingerprint density at radius 2 is 2.43 bits per heavy atom. The first-order chi connectivity index (χ1) is 3.41. The van der Waals surface area contributed by atoms with Crippen molar-refractivity contribution in [2.24, 2.45) is 4.99 Å². The quantitative estimate of drug-likeness (QED) is 0.308. The molecule has 2 heteroatoms. The fraction of sp³-hybridized carbons (Fsp3) is 0.400. The molecule has 7 heavy (non-hydrogen) atoms. The molecule has 0 amide bonds. The van der Waals surface area contributed by atoms with Crippen molar-refractivity contribution in [3.63, 3.8) is 0 Å². The highest BCUT2D eigenvalue weighted by molar-refractivity contribution is 7.99. The van der Waals surface area contributed by atoms with Gasteiger partial charge in [0.2, 0.25) is 0 Å². The van der Waals surface area contributed by atoms with Crippen LogP contribution in [0.4, 0.5) is 0 Å². The molecule has 0 aromatic heterocycles. The maximum absolute atomic E-state index is 3.64. The molecule has 0 saturated heterocycles. The lowest BCUT2D eigenvalue weighted by molar-refractivity contribution is 1.41. The second-order valence-electron chi connectivity index (χ2n) is 1.01. The zero-order valence-corrected chi connectivity index (χ0v) is 5.08. The van der Waals surface area contributed by atoms with Gasteiger partial charge >= 0.3 is 0 Å². The minimum Gasteiger partial charge on any atom is -0.290 e. The van der Waals surface area contributed by atoms with E-state index in [4.69, 9.17) is 0 Å². The van der Waals surface area contributed by atoms with Crippen LogP contribution in [0.5, 0.6) is 0 Å². The molecule has 0 aromatic carbocycles. The van der Waals surface area contributed by atoms with Crippen molar-refractivity contribution in [3.05, 3.63) is 12.7 Å². The average molecular weight is 115 g/mol. The lowest BCUT2D eigenvalue weighted by Crippen LogP contribution is -1.70. The van der Waals surface area contributed by atoms with E-state index in [-0.39, 0.29) is 0 Å². The Labute approximate surface area is 48.5 Å². The summed E-state index contributed by atoms with van der Waals surface area (Å²) in [6, 6.07) is 0. The van der Waals surface area contributed by atoms with E-state index in [1.807, 2.05) is 6.08 Å². The van der Waals surface area contributed by atoms with E-state index < -0.39 is 0 Å². The van der Waals surface area contributed by atoms with Gasteiger partial charge in [-0.05, 0) is 6.72 Å². The molecule has 0 radical (unpaired) electrons. The Balaban J connectivity index is 2.68. The molecule has 0 fully saturated rings. The van der Waals surface area contributed by atoms with Gasteiger partial charge in [0.25, 0.3) is 0 Å². The van der Waals surface area contributed by atoms with Gasteiger partial charge in [0.05, 0.1) is 5.88 Å². The van der Waals surface area contributed by atoms with Gasteiger partial charge in [0.1, 0.15) is 0 Å². The molecule has 40 valence electrons. The molecular formula is C5H9NS. The van der Waals surface area contributed by atoms with Crippen molar-refractivity contribution in [3.8, 4) is 0 Å². The lowest BCUT2D eigenvalue weighted by atomic mass is 10.8. The minimum absolute atomic E-state index is 0.784. The molecule has 0 saturated carbocycles. The standard InChI is InChI=1S/C5H9NS/c1-3-4-7-5-6-2/h3H,1-2,4-5H2. The van der Waals surface area contributed by atoms with Gasteiger partial charge in [-0.3, -0.25) is 4.99 Å². The van der Waals surface area contributed by atoms with Crippen LogP contribution in [-0.2, 0) is 0 Å². The van der Waals surface area contributed by atoms with Crippen molar-refractivity contribution in [2.75, 3.05) is 11.6 Å². The summed E-state index contributed by atoms with van der Waals surface area (Å²) in [4.78, 5) is 3.64. The normalized spacial score (nSPS) is 8.00. The largest absolute Gasteiger partial charge is 0.290 e. The molecule has 0 unspecified atom stereocenters. The smallest absolute Gasteiger partial charge is 0.0839 e. The molecule has 0 aliphatic rings. The third-order valence-electron chi connectivity index (χ3n) is 0.418. The zero-order chi connectivity index (χ0) is 5.54. The molecule has 0 aliphatic heterocycles. The summed E-state index contributed by atoms with van der Waals surface area (Å²) >= 11 is 1.71. The summed E-state index contributed by atoms with van der Waals surface area (Å²) in [7, 11) is 0. The summed E-state index contributed by atoms with van der Waals surface area (Å²) in [5.74, 6) is 1.76. The van der Waals surface area contributed by atoms with E-state index in [0.29, 0.717) is 0 Å². The minimum atomic E-state index is 0.784. The fourth-order valence-electron chi connectivity index (χ4n) is 0.201. The number of rotatable bonds is 4. The molecule has 0 bridgehead atoms. The van der Waals surface area contributed by atoms with Crippen molar-refractivity contribution in [2.45, 2.75) is 0 Å². The number of aliphatic imine (C=N–C) groups is 1. The van der Waals surface area contributed by atoms with Gasteiger partial charge in [0.15, 0.2) is 0 Å². The molecule has 0 rings (SSSR count). The van der Waals surface area contributed by atoms with Gasteiger partial charge in [-0.2, -0.15) is 0 Å². The number of hydrogen-bond donors (Lipinski definition) is 0. The molecular weight excluding hydrogens is 106 g/mol. The third kappa shape index (κ3) is 5.76. The summed E-state index contributed by atoms with van der Waals surface area (Å²) in [6.45, 7) is 6.88. The summed E-state index contributed by atoms with van der Waals surface area (Å²) in [6.07, 6.45) is 1.86. The zero-order valence-electron chi connectivity index (χ0n) is 4.26. The molecule has 0 N–H and O–H groups in total. The van der Waals surface area contributed by atoms with Crippen molar-refractivity contribution in [1.29, 1.82) is 0 Å². The van der Waals surface area contributed by atoms with Crippen LogP contribution in [0.2, 0.25) is 0 Å². The van der Waals surface area contributed by atoms with Crippen LogP contribution in [-0.4, -0.2) is 18.3 Å². The fourth-order valence-corrected chi connectivity index (χ4v) is 0.602. The summed E-state index contributed by atoms with van der Waals surface area (Å²) in [5.41, 5.74) is 0. The van der Waals surface area contributed by atoms with Crippen LogP contribution < -0.4 is 0 Å². The first kappa shape index (κ1) is 6.76. The van der Waals surface area contributed by atoms with Crippen LogP contribution in [0.25, 0.3) is 0 Å². The molecule has 0 heterocycles. The Morgan fingerprint density at radius 1 is 1.71 bits per heavy atom. The van der Waals surface area contributed by atoms with Crippen LogP contribution in [0.3, 0.4) is 0 Å². The second-order valence-corrected chi connectivity index (χ2v) is 2.01. The second kappa shape index (κ2) is 5.76. The van der Waals surface area contributed by atoms with Crippen LogP contribution in [0, 0.1) is 0 Å². The van der Waals surface area contributed by atoms with E-state index >= 15 is 0 Å². The maximum Gasteiger partial charge on any atom is 0.0839 e. The first-order valence-electron chi connectivity index (χ1n) is 2.03. The van der Waals surface area contributed by atoms with Crippen LogP contribution >= 0.6 is 11.8 Å². The van der Waals surface area contributed by atoms with Gasteiger partial charge in [-0.15, -0.1) is 18.3 Å². The highest BCUT2D eigenvalue weighted by Gasteiger charge is 1.74. The van der Waals surface area contributed by atoms with E-state index in [1.54, 1.807) is 11.8 Å². The summed E-state index contributed by atoms with van der Waals surface area (Å²) < 4.78 is 0. The molecule has 0 aromatic rings. The predicted octanol–water partition coefficient (Wildman–Crippen LogP) is 1.56. The van der Waals surface area contributed by atoms with E-state index in [1.165, 1.54) is 0 Å². The molecule has 0 atom stereocenters. The van der Waals surface area contributed by atoms with Crippen LogP contribution in [0.15, 0.2) is 17.6 Å². The Morgan fingerprint density at radius 3 is 2.86 bits per heavy atom. The number of thioether (sulfide) groups is 1. The van der Waals surface area contributed by atoms with Gasteiger partial charge in [0, 0.05) is 5.75 Å². The van der Waals surface area contributed by atoms with E-state index in [9.17, 15) is 0 Å². The maximum atomic E-state index is 3.64. The third-order valence-corrected chi connectivity index (χ3v) is 1.25. The monoisotopic (exact) mass is 115 g/mol. The van der Waals surface area contributed by atoms with Crippen molar-refractivity contribution >= 4 is 18.5 Å². The Bertz CT molecular complexity index is 53.1. The lowest BCUT2D eigenvalue weighted by Gasteiger charge is -1.85. The van der Waals surface area contributed by atoms with Crippen molar-refractivity contribution in [1.82, 2.24) is 0 Å². The Kier molecular flexibility index (Phi) is 5.56. The highest BCUT2D eigenvalue weighted by Crippen LogP contribution is 1.97. The SMILES string of the molecule is C=CCSCN=C. The van der Waals surface area contributed by atoms with Crippen molar-refractivity contribution < 1.29 is 0 Å². The summed E-state index contributed by atoms with van der Waals surface area (Å²) in [5, 5.41) is 0.